The highest BCUT2D eigenvalue weighted by Crippen LogP contribution is 2.64. The molecule has 1 aromatic carbocycles. The number of thioether (sulfide) groups is 1. The first kappa shape index (κ1) is 23.4. The van der Waals surface area contributed by atoms with Crippen LogP contribution in [0.1, 0.15) is 61.9 Å². The zero-order valence-corrected chi connectivity index (χ0v) is 21.4. The van der Waals surface area contributed by atoms with E-state index in [1.165, 1.54) is 0 Å². The van der Waals surface area contributed by atoms with Gasteiger partial charge in [0.05, 0.1) is 10.6 Å². The van der Waals surface area contributed by atoms with Crippen molar-refractivity contribution in [3.05, 3.63) is 35.4 Å². The van der Waals surface area contributed by atoms with Gasteiger partial charge in [0.15, 0.2) is 0 Å². The van der Waals surface area contributed by atoms with Crippen LogP contribution in [0, 0.1) is 23.7 Å². The van der Waals surface area contributed by atoms with Crippen LogP contribution in [0.2, 0.25) is 0 Å². The van der Waals surface area contributed by atoms with Gasteiger partial charge in [-0.3, -0.25) is 9.59 Å². The maximum atomic E-state index is 13.5. The summed E-state index contributed by atoms with van der Waals surface area (Å²) in [6.07, 6.45) is 3.42. The number of amides is 1. The van der Waals surface area contributed by atoms with Gasteiger partial charge in [-0.05, 0) is 56.1 Å². The van der Waals surface area contributed by atoms with Crippen molar-refractivity contribution in [1.29, 1.82) is 0 Å². The van der Waals surface area contributed by atoms with E-state index in [1.54, 1.807) is 16.1 Å². The Bertz CT molecular complexity index is 1070. The Kier molecular flexibility index (Phi) is 5.54. The molecule has 4 fully saturated rings. The van der Waals surface area contributed by atoms with Crippen LogP contribution in [0.15, 0.2) is 24.3 Å². The van der Waals surface area contributed by atoms with Crippen LogP contribution in [0.25, 0.3) is 0 Å². The summed E-state index contributed by atoms with van der Waals surface area (Å²) >= 11 is 1.79. The normalized spacial score (nSPS) is 30.9. The number of fused-ring (bicyclic) bond motifs is 2. The quantitative estimate of drug-likeness (QED) is 0.643. The molecule has 8 heteroatoms. The van der Waals surface area contributed by atoms with Gasteiger partial charge in [0.2, 0.25) is 10.0 Å². The SMILES string of the molecule is Cc1ccc(C(=O)N2CCSC23CCN(S(=O)(=O)CC24CCC(CC2=O)C4(C)C)CC3)cc1. The molecule has 2 saturated carbocycles. The smallest absolute Gasteiger partial charge is 0.254 e. The maximum absolute atomic E-state index is 13.5. The molecule has 6 nitrogen and oxygen atoms in total. The molecule has 1 amide bonds. The van der Waals surface area contributed by atoms with Crippen LogP contribution in [0.5, 0.6) is 0 Å². The van der Waals surface area contributed by atoms with Gasteiger partial charge < -0.3 is 4.90 Å². The molecule has 180 valence electrons. The Morgan fingerprint density at radius 1 is 1.09 bits per heavy atom. The molecule has 2 heterocycles. The second kappa shape index (κ2) is 7.82. The van der Waals surface area contributed by atoms with E-state index in [2.05, 4.69) is 13.8 Å². The minimum absolute atomic E-state index is 0.0329. The topological polar surface area (TPSA) is 74.8 Å². The number of carbonyl (C=O) groups is 2. The Morgan fingerprint density at radius 2 is 1.76 bits per heavy atom. The van der Waals surface area contributed by atoms with E-state index in [1.807, 2.05) is 36.1 Å². The number of Topliss-reactive ketones (excluding diaryl/α,β-unsaturated/α-hetero) is 1. The summed E-state index contributed by atoms with van der Waals surface area (Å²) in [7, 11) is -3.56. The van der Waals surface area contributed by atoms with Gasteiger partial charge in [-0.25, -0.2) is 12.7 Å². The zero-order valence-electron chi connectivity index (χ0n) is 19.8. The van der Waals surface area contributed by atoms with Crippen LogP contribution in [0.3, 0.4) is 0 Å². The van der Waals surface area contributed by atoms with Gasteiger partial charge in [0, 0.05) is 42.8 Å². The molecule has 2 aliphatic carbocycles. The maximum Gasteiger partial charge on any atom is 0.254 e. The molecule has 2 saturated heterocycles. The molecule has 1 spiro atoms. The minimum atomic E-state index is -3.56. The first-order valence-corrected chi connectivity index (χ1v) is 14.6. The van der Waals surface area contributed by atoms with Crippen LogP contribution >= 0.6 is 11.8 Å². The number of rotatable bonds is 4. The zero-order chi connectivity index (χ0) is 23.6. The first-order valence-electron chi connectivity index (χ1n) is 12.0. The Balaban J connectivity index is 1.30. The van der Waals surface area contributed by atoms with Crippen LogP contribution in [-0.2, 0) is 14.8 Å². The number of piperidine rings is 1. The highest BCUT2D eigenvalue weighted by atomic mass is 32.2. The molecule has 0 N–H and O–H groups in total. The van der Waals surface area contributed by atoms with Crippen LogP contribution in [0.4, 0.5) is 0 Å². The summed E-state index contributed by atoms with van der Waals surface area (Å²) in [5.41, 5.74) is 0.815. The number of sulfonamides is 1. The molecule has 0 radical (unpaired) electrons. The fourth-order valence-corrected chi connectivity index (χ4v) is 10.5. The average Bonchev–Trinajstić information content (AvgIpc) is 3.33. The van der Waals surface area contributed by atoms with Gasteiger partial charge >= 0.3 is 0 Å². The van der Waals surface area contributed by atoms with Gasteiger partial charge in [-0.15, -0.1) is 11.8 Å². The van der Waals surface area contributed by atoms with Gasteiger partial charge in [0.1, 0.15) is 5.78 Å². The van der Waals surface area contributed by atoms with E-state index in [0.29, 0.717) is 56.8 Å². The van der Waals surface area contributed by atoms with Crippen molar-refractivity contribution >= 4 is 33.5 Å². The molecular weight excluding hydrogens is 456 g/mol. The third kappa shape index (κ3) is 3.50. The molecule has 33 heavy (non-hydrogen) atoms. The van der Waals surface area contributed by atoms with E-state index in [9.17, 15) is 18.0 Å². The average molecular weight is 491 g/mol. The molecule has 2 atom stereocenters. The van der Waals surface area contributed by atoms with E-state index in [-0.39, 0.29) is 27.7 Å². The lowest BCUT2D eigenvalue weighted by molar-refractivity contribution is -0.128. The van der Waals surface area contributed by atoms with E-state index < -0.39 is 15.4 Å². The number of ketones is 1. The van der Waals surface area contributed by atoms with Gasteiger partial charge in [-0.2, -0.15) is 0 Å². The number of hydrogen-bond acceptors (Lipinski definition) is 5. The van der Waals surface area contributed by atoms with Crippen molar-refractivity contribution in [2.75, 3.05) is 31.1 Å². The summed E-state index contributed by atoms with van der Waals surface area (Å²) in [6, 6.07) is 7.67. The summed E-state index contributed by atoms with van der Waals surface area (Å²) < 4.78 is 28.6. The first-order chi connectivity index (χ1) is 15.5. The van der Waals surface area contributed by atoms with E-state index >= 15 is 0 Å². The summed E-state index contributed by atoms with van der Waals surface area (Å²) in [4.78, 5) is 27.8. The molecule has 2 aliphatic heterocycles. The highest BCUT2D eigenvalue weighted by Gasteiger charge is 2.65. The third-order valence-electron chi connectivity index (χ3n) is 9.19. The summed E-state index contributed by atoms with van der Waals surface area (Å²) in [5, 5.41) is 0. The monoisotopic (exact) mass is 490 g/mol. The summed E-state index contributed by atoms with van der Waals surface area (Å²) in [6.45, 7) is 7.67. The summed E-state index contributed by atoms with van der Waals surface area (Å²) in [5.74, 6) is 1.29. The molecule has 2 bridgehead atoms. The molecular formula is C25H34N2O4S2. The minimum Gasteiger partial charge on any atom is -0.323 e. The lowest BCUT2D eigenvalue weighted by Crippen LogP contribution is -2.55. The number of carbonyl (C=O) groups excluding carboxylic acids is 2. The van der Waals surface area contributed by atoms with Crippen molar-refractivity contribution in [2.45, 2.75) is 57.7 Å². The van der Waals surface area contributed by atoms with Gasteiger partial charge in [-0.1, -0.05) is 31.5 Å². The Hall–Kier alpha value is -1.38. The lowest BCUT2D eigenvalue weighted by atomic mass is 9.70. The van der Waals surface area contributed by atoms with Crippen molar-refractivity contribution in [3.63, 3.8) is 0 Å². The lowest BCUT2D eigenvalue weighted by Gasteiger charge is -2.44. The standard InChI is InChI=1S/C25H34N2O4S2/c1-18-4-6-19(7-5-18)22(29)27-14-15-32-25(27)10-12-26(13-11-25)33(30,31)17-24-9-8-20(16-21(24)28)23(24,2)3/h4-7,20H,8-17H2,1-3H3. The molecule has 2 unspecified atom stereocenters. The fourth-order valence-electron chi connectivity index (χ4n) is 6.79. The number of nitrogens with zero attached hydrogens (tertiary/aromatic N) is 2. The predicted octanol–water partition coefficient (Wildman–Crippen LogP) is 3.70. The van der Waals surface area contributed by atoms with Crippen LogP contribution in [-0.4, -0.2) is 65.3 Å². The third-order valence-corrected chi connectivity index (χ3v) is 12.7. The highest BCUT2D eigenvalue weighted by molar-refractivity contribution is 8.00. The van der Waals surface area contributed by atoms with E-state index in [4.69, 9.17) is 0 Å². The largest absolute Gasteiger partial charge is 0.323 e. The number of benzene rings is 1. The molecule has 5 rings (SSSR count). The van der Waals surface area contributed by atoms with Crippen molar-refractivity contribution < 1.29 is 18.0 Å². The van der Waals surface area contributed by atoms with Crippen molar-refractivity contribution in [2.24, 2.45) is 16.7 Å². The van der Waals surface area contributed by atoms with Crippen LogP contribution < -0.4 is 0 Å². The predicted molar refractivity (Wildman–Crippen MR) is 131 cm³/mol. The number of aryl methyl sites for hydroxylation is 1. The van der Waals surface area contributed by atoms with E-state index in [0.717, 1.165) is 17.7 Å². The molecule has 4 aliphatic rings. The van der Waals surface area contributed by atoms with Crippen molar-refractivity contribution in [3.8, 4) is 0 Å². The second-order valence-electron chi connectivity index (χ2n) is 10.9. The second-order valence-corrected chi connectivity index (χ2v) is 14.4. The molecule has 1 aromatic rings. The molecule has 0 aromatic heterocycles. The Labute approximate surface area is 201 Å². The van der Waals surface area contributed by atoms with Gasteiger partial charge in [0.25, 0.3) is 5.91 Å². The number of hydrogen-bond donors (Lipinski definition) is 0. The fraction of sp³-hybridized carbons (Fsp3) is 0.680. The van der Waals surface area contributed by atoms with Crippen molar-refractivity contribution in [1.82, 2.24) is 9.21 Å². The Morgan fingerprint density at radius 3 is 2.33 bits per heavy atom.